The molecule has 0 saturated carbocycles. The summed E-state index contributed by atoms with van der Waals surface area (Å²) in [4.78, 5) is 14.9. The molecule has 0 radical (unpaired) electrons. The third kappa shape index (κ3) is 3.72. The lowest BCUT2D eigenvalue weighted by Gasteiger charge is -2.36. The molecule has 1 aliphatic rings. The first-order valence-corrected chi connectivity index (χ1v) is 7.34. The lowest BCUT2D eigenvalue weighted by atomic mass is 9.80. The summed E-state index contributed by atoms with van der Waals surface area (Å²) in [6.45, 7) is 20.3. The molecule has 0 spiro atoms. The van der Waals surface area contributed by atoms with Gasteiger partial charge in [0.2, 0.25) is 0 Å². The van der Waals surface area contributed by atoms with Gasteiger partial charge in [-0.2, -0.15) is 0 Å². The normalized spacial score (nSPS) is 25.4. The molecule has 1 saturated heterocycles. The van der Waals surface area contributed by atoms with E-state index in [4.69, 9.17) is 4.74 Å². The van der Waals surface area contributed by atoms with Crippen molar-refractivity contribution in [3.63, 3.8) is 0 Å². The monoisotopic (exact) mass is 279 g/mol. The summed E-state index contributed by atoms with van der Waals surface area (Å²) in [5.41, 5.74) is 1.60. The number of nitrogens with zero attached hydrogens (tertiary/aromatic N) is 1. The average Bonchev–Trinajstić information content (AvgIpc) is 2.49. The van der Waals surface area contributed by atoms with Gasteiger partial charge >= 0.3 is 5.97 Å². The van der Waals surface area contributed by atoms with Crippen LogP contribution in [-0.4, -0.2) is 36.1 Å². The maximum absolute atomic E-state index is 12.6. The zero-order valence-electron chi connectivity index (χ0n) is 13.7. The molecule has 0 aromatic heterocycles. The van der Waals surface area contributed by atoms with Crippen LogP contribution in [-0.2, 0) is 9.53 Å². The minimum Gasteiger partial charge on any atom is -0.465 e. The highest BCUT2D eigenvalue weighted by molar-refractivity contribution is 5.82. The summed E-state index contributed by atoms with van der Waals surface area (Å²) >= 11 is 0. The Morgan fingerprint density at radius 1 is 1.25 bits per heavy atom. The Morgan fingerprint density at radius 3 is 2.30 bits per heavy atom. The highest BCUT2D eigenvalue weighted by atomic mass is 16.5. The molecule has 1 atom stereocenters. The van der Waals surface area contributed by atoms with Crippen LogP contribution in [0.3, 0.4) is 0 Å². The van der Waals surface area contributed by atoms with Crippen molar-refractivity contribution in [3.05, 3.63) is 24.3 Å². The SMILES string of the molecule is C=C(C)CN1CC(C)(C)CC1(CC(=C)C)C(=O)OCC. The summed E-state index contributed by atoms with van der Waals surface area (Å²) in [5, 5.41) is 0. The van der Waals surface area contributed by atoms with Crippen LogP contribution in [0.4, 0.5) is 0 Å². The molecule has 3 nitrogen and oxygen atoms in total. The van der Waals surface area contributed by atoms with Crippen LogP contribution in [0.25, 0.3) is 0 Å². The molecule has 1 heterocycles. The van der Waals surface area contributed by atoms with Crippen molar-refractivity contribution in [2.45, 2.75) is 53.0 Å². The fraction of sp³-hybridized carbons (Fsp3) is 0.706. The molecule has 20 heavy (non-hydrogen) atoms. The molecule has 0 aliphatic carbocycles. The summed E-state index contributed by atoms with van der Waals surface area (Å²) in [6, 6.07) is 0. The second kappa shape index (κ2) is 6.13. The van der Waals surface area contributed by atoms with E-state index in [1.807, 2.05) is 20.8 Å². The smallest absolute Gasteiger partial charge is 0.326 e. The maximum atomic E-state index is 12.6. The van der Waals surface area contributed by atoms with Crippen molar-refractivity contribution in [1.82, 2.24) is 4.90 Å². The second-order valence-corrected chi connectivity index (χ2v) is 7.04. The Morgan fingerprint density at radius 2 is 1.85 bits per heavy atom. The third-order valence-corrected chi connectivity index (χ3v) is 3.71. The Labute approximate surface area is 123 Å². The van der Waals surface area contributed by atoms with Crippen LogP contribution in [0.15, 0.2) is 24.3 Å². The number of hydrogen-bond acceptors (Lipinski definition) is 3. The number of carbonyl (C=O) groups excluding carboxylic acids is 1. The summed E-state index contributed by atoms with van der Waals surface area (Å²) in [5.74, 6) is -0.116. The Kier molecular flexibility index (Phi) is 5.20. The summed E-state index contributed by atoms with van der Waals surface area (Å²) < 4.78 is 5.38. The molecule has 1 fully saturated rings. The molecule has 1 aliphatic heterocycles. The Hall–Kier alpha value is -1.09. The predicted molar refractivity (Wildman–Crippen MR) is 83.6 cm³/mol. The van der Waals surface area contributed by atoms with Gasteiger partial charge in [0.05, 0.1) is 6.61 Å². The maximum Gasteiger partial charge on any atom is 0.326 e. The van der Waals surface area contributed by atoms with Crippen molar-refractivity contribution in [3.8, 4) is 0 Å². The first-order valence-electron chi connectivity index (χ1n) is 7.34. The first kappa shape index (κ1) is 17.0. The molecular weight excluding hydrogens is 250 g/mol. The van der Waals surface area contributed by atoms with Gasteiger partial charge < -0.3 is 4.74 Å². The van der Waals surface area contributed by atoms with Gasteiger partial charge in [-0.15, -0.1) is 6.58 Å². The van der Waals surface area contributed by atoms with Gasteiger partial charge in [-0.05, 0) is 39.0 Å². The quantitative estimate of drug-likeness (QED) is 0.550. The topological polar surface area (TPSA) is 29.5 Å². The molecule has 0 aromatic carbocycles. The molecule has 0 bridgehead atoms. The predicted octanol–water partition coefficient (Wildman–Crippen LogP) is 3.56. The average molecular weight is 279 g/mol. The van der Waals surface area contributed by atoms with E-state index in [1.54, 1.807) is 0 Å². The fourth-order valence-corrected chi connectivity index (χ4v) is 3.37. The molecule has 0 amide bonds. The lowest BCUT2D eigenvalue weighted by Crippen LogP contribution is -2.52. The van der Waals surface area contributed by atoms with Gasteiger partial charge in [0.1, 0.15) is 5.54 Å². The molecule has 1 unspecified atom stereocenters. The van der Waals surface area contributed by atoms with Crippen LogP contribution in [0, 0.1) is 5.41 Å². The number of esters is 1. The summed E-state index contributed by atoms with van der Waals surface area (Å²) in [6.07, 6.45) is 1.46. The number of rotatable bonds is 6. The largest absolute Gasteiger partial charge is 0.465 e. The van der Waals surface area contributed by atoms with Gasteiger partial charge in [0.25, 0.3) is 0 Å². The van der Waals surface area contributed by atoms with Gasteiger partial charge in [-0.3, -0.25) is 9.69 Å². The molecule has 114 valence electrons. The van der Waals surface area contributed by atoms with Crippen molar-refractivity contribution in [2.24, 2.45) is 5.41 Å². The van der Waals surface area contributed by atoms with E-state index in [1.165, 1.54) is 0 Å². The summed E-state index contributed by atoms with van der Waals surface area (Å²) in [7, 11) is 0. The highest BCUT2D eigenvalue weighted by Gasteiger charge is 2.54. The van der Waals surface area contributed by atoms with E-state index in [9.17, 15) is 4.79 Å². The fourth-order valence-electron chi connectivity index (χ4n) is 3.37. The zero-order chi connectivity index (χ0) is 15.6. The van der Waals surface area contributed by atoms with Crippen LogP contribution in [0.1, 0.15) is 47.5 Å². The third-order valence-electron chi connectivity index (χ3n) is 3.71. The van der Waals surface area contributed by atoms with Gasteiger partial charge in [-0.25, -0.2) is 0 Å². The molecular formula is C17H29NO2. The van der Waals surface area contributed by atoms with Gasteiger partial charge in [0.15, 0.2) is 0 Å². The second-order valence-electron chi connectivity index (χ2n) is 7.04. The Balaban J connectivity index is 3.18. The van der Waals surface area contributed by atoms with E-state index in [0.717, 1.165) is 30.7 Å². The lowest BCUT2D eigenvalue weighted by molar-refractivity contribution is -0.156. The van der Waals surface area contributed by atoms with Crippen LogP contribution in [0.2, 0.25) is 0 Å². The van der Waals surface area contributed by atoms with E-state index in [0.29, 0.717) is 13.0 Å². The van der Waals surface area contributed by atoms with Crippen molar-refractivity contribution in [2.75, 3.05) is 19.7 Å². The number of likely N-dealkylation sites (tertiary alicyclic amines) is 1. The van der Waals surface area contributed by atoms with Gasteiger partial charge in [0, 0.05) is 13.1 Å². The van der Waals surface area contributed by atoms with Crippen molar-refractivity contribution < 1.29 is 9.53 Å². The molecule has 0 aromatic rings. The van der Waals surface area contributed by atoms with E-state index >= 15 is 0 Å². The van der Waals surface area contributed by atoms with Crippen LogP contribution >= 0.6 is 0 Å². The minimum absolute atomic E-state index is 0.0949. The van der Waals surface area contributed by atoms with Crippen LogP contribution < -0.4 is 0 Å². The molecule has 3 heteroatoms. The Bertz CT molecular complexity index is 411. The standard InChI is InChI=1S/C17H29NO2/c1-8-20-15(19)17(9-13(2)3)11-16(6,7)12-18(17)10-14(4)5/h2,4,8-12H2,1,3,5-7H3. The van der Waals surface area contributed by atoms with Crippen LogP contribution in [0.5, 0.6) is 0 Å². The number of carbonyl (C=O) groups is 1. The number of hydrogen-bond donors (Lipinski definition) is 0. The first-order chi connectivity index (χ1) is 9.13. The van der Waals surface area contributed by atoms with Gasteiger partial charge in [-0.1, -0.05) is 31.6 Å². The number of ether oxygens (including phenoxy) is 1. The highest BCUT2D eigenvalue weighted by Crippen LogP contribution is 2.45. The van der Waals surface area contributed by atoms with E-state index < -0.39 is 5.54 Å². The zero-order valence-corrected chi connectivity index (χ0v) is 13.7. The van der Waals surface area contributed by atoms with E-state index in [2.05, 4.69) is 31.9 Å². The molecule has 0 N–H and O–H groups in total. The minimum atomic E-state index is -0.579. The van der Waals surface area contributed by atoms with E-state index in [-0.39, 0.29) is 11.4 Å². The van der Waals surface area contributed by atoms with Crippen molar-refractivity contribution >= 4 is 5.97 Å². The molecule has 1 rings (SSSR count). The van der Waals surface area contributed by atoms with Crippen molar-refractivity contribution in [1.29, 1.82) is 0 Å².